The summed E-state index contributed by atoms with van der Waals surface area (Å²) in [6, 6.07) is 12.5. The normalized spacial score (nSPS) is 10.3. The summed E-state index contributed by atoms with van der Waals surface area (Å²) in [5, 5.41) is 0.372. The van der Waals surface area contributed by atoms with Crippen LogP contribution in [0, 0.1) is 0 Å². The van der Waals surface area contributed by atoms with Crippen molar-refractivity contribution in [1.82, 2.24) is 0 Å². The highest BCUT2D eigenvalue weighted by Gasteiger charge is 2.16. The number of rotatable bonds is 8. The maximum atomic E-state index is 12.3. The van der Waals surface area contributed by atoms with Crippen LogP contribution in [-0.4, -0.2) is 18.7 Å². The predicted molar refractivity (Wildman–Crippen MR) is 93.0 cm³/mol. The molecule has 0 aliphatic carbocycles. The number of carbonyl (C=O) groups excluding carboxylic acids is 2. The fourth-order valence-corrected chi connectivity index (χ4v) is 2.41. The SMILES string of the molecule is COc1ccc(COc2c(Cl)cccc2C(=O)CCC(C)=O)cc1. The highest BCUT2D eigenvalue weighted by Crippen LogP contribution is 2.30. The van der Waals surface area contributed by atoms with Gasteiger partial charge >= 0.3 is 0 Å². The molecule has 0 unspecified atom stereocenters. The Morgan fingerprint density at radius 3 is 2.38 bits per heavy atom. The summed E-state index contributed by atoms with van der Waals surface area (Å²) in [6.45, 7) is 1.74. The van der Waals surface area contributed by atoms with Gasteiger partial charge in [-0.05, 0) is 36.8 Å². The Morgan fingerprint density at radius 1 is 1.04 bits per heavy atom. The van der Waals surface area contributed by atoms with Gasteiger partial charge in [0.25, 0.3) is 0 Å². The van der Waals surface area contributed by atoms with Crippen LogP contribution in [0.2, 0.25) is 5.02 Å². The maximum Gasteiger partial charge on any atom is 0.167 e. The van der Waals surface area contributed by atoms with Gasteiger partial charge in [-0.15, -0.1) is 0 Å². The zero-order chi connectivity index (χ0) is 17.5. The lowest BCUT2D eigenvalue weighted by molar-refractivity contribution is -0.116. The molecule has 0 saturated carbocycles. The van der Waals surface area contributed by atoms with Gasteiger partial charge in [-0.3, -0.25) is 4.79 Å². The minimum atomic E-state index is -0.155. The van der Waals surface area contributed by atoms with E-state index < -0.39 is 0 Å². The Balaban J connectivity index is 2.13. The molecule has 0 heterocycles. The molecule has 0 radical (unpaired) electrons. The lowest BCUT2D eigenvalue weighted by atomic mass is 10.0. The van der Waals surface area contributed by atoms with Crippen molar-refractivity contribution >= 4 is 23.2 Å². The number of halogens is 1. The molecule has 0 amide bonds. The summed E-state index contributed by atoms with van der Waals surface area (Å²) in [5.41, 5.74) is 1.33. The van der Waals surface area contributed by atoms with Crippen molar-refractivity contribution in [2.75, 3.05) is 7.11 Å². The Labute approximate surface area is 146 Å². The number of Topliss-reactive ketones (excluding diaryl/α,β-unsaturated/α-hetero) is 2. The van der Waals surface area contributed by atoms with Gasteiger partial charge in [-0.2, -0.15) is 0 Å². The molecule has 2 rings (SSSR count). The maximum absolute atomic E-state index is 12.3. The molecule has 4 nitrogen and oxygen atoms in total. The molecular formula is C19H19ClO4. The molecule has 2 aromatic carbocycles. The number of methoxy groups -OCH3 is 1. The van der Waals surface area contributed by atoms with Crippen molar-refractivity contribution in [2.24, 2.45) is 0 Å². The fourth-order valence-electron chi connectivity index (χ4n) is 2.18. The highest BCUT2D eigenvalue weighted by atomic mass is 35.5. The molecule has 0 aromatic heterocycles. The van der Waals surface area contributed by atoms with E-state index in [1.54, 1.807) is 25.3 Å². The average molecular weight is 347 g/mol. The molecule has 0 bridgehead atoms. The summed E-state index contributed by atoms with van der Waals surface area (Å²) in [4.78, 5) is 23.4. The molecule has 0 atom stereocenters. The number of benzene rings is 2. The zero-order valence-corrected chi connectivity index (χ0v) is 14.4. The van der Waals surface area contributed by atoms with Crippen LogP contribution < -0.4 is 9.47 Å². The van der Waals surface area contributed by atoms with Crippen molar-refractivity contribution in [3.05, 3.63) is 58.6 Å². The van der Waals surface area contributed by atoms with Gasteiger partial charge in [-0.1, -0.05) is 29.8 Å². The molecular weight excluding hydrogens is 328 g/mol. The largest absolute Gasteiger partial charge is 0.497 e. The first kappa shape index (κ1) is 18.0. The van der Waals surface area contributed by atoms with Gasteiger partial charge in [-0.25, -0.2) is 0 Å². The second kappa shape index (κ2) is 8.50. The van der Waals surface area contributed by atoms with E-state index in [0.29, 0.717) is 16.3 Å². The summed E-state index contributed by atoms with van der Waals surface area (Å²) in [7, 11) is 1.61. The van der Waals surface area contributed by atoms with Gasteiger partial charge in [0.05, 0.1) is 17.7 Å². The molecule has 0 aliphatic heterocycles. The molecule has 0 spiro atoms. The summed E-state index contributed by atoms with van der Waals surface area (Å²) in [6.07, 6.45) is 0.359. The minimum absolute atomic E-state index is 0.0221. The Hall–Kier alpha value is -2.33. The number of hydrogen-bond acceptors (Lipinski definition) is 4. The predicted octanol–water partition coefficient (Wildman–Crippen LogP) is 4.48. The topological polar surface area (TPSA) is 52.6 Å². The van der Waals surface area contributed by atoms with Gasteiger partial charge in [0, 0.05) is 12.8 Å². The van der Waals surface area contributed by atoms with Crippen LogP contribution in [0.4, 0.5) is 0 Å². The van der Waals surface area contributed by atoms with Gasteiger partial charge in [0.1, 0.15) is 23.9 Å². The van der Waals surface area contributed by atoms with E-state index in [9.17, 15) is 9.59 Å². The minimum Gasteiger partial charge on any atom is -0.497 e. The van der Waals surface area contributed by atoms with Crippen molar-refractivity contribution in [1.29, 1.82) is 0 Å². The van der Waals surface area contributed by atoms with E-state index in [2.05, 4.69) is 0 Å². The van der Waals surface area contributed by atoms with Gasteiger partial charge in [0.2, 0.25) is 0 Å². The Bertz CT molecular complexity index is 723. The lowest BCUT2D eigenvalue weighted by Gasteiger charge is -2.13. The van der Waals surface area contributed by atoms with Crippen molar-refractivity contribution in [2.45, 2.75) is 26.4 Å². The van der Waals surface area contributed by atoms with Gasteiger partial charge in [0.15, 0.2) is 5.78 Å². The number of carbonyl (C=O) groups is 2. The number of ketones is 2. The average Bonchev–Trinajstić information content (AvgIpc) is 2.58. The van der Waals surface area contributed by atoms with Crippen molar-refractivity contribution in [3.8, 4) is 11.5 Å². The Morgan fingerprint density at radius 2 is 1.75 bits per heavy atom. The summed E-state index contributed by atoms with van der Waals surface area (Å²) in [5.74, 6) is 0.934. The third-order valence-corrected chi connectivity index (χ3v) is 3.81. The summed E-state index contributed by atoms with van der Waals surface area (Å²) >= 11 is 6.19. The van der Waals surface area contributed by atoms with E-state index in [1.165, 1.54) is 6.92 Å². The lowest BCUT2D eigenvalue weighted by Crippen LogP contribution is -2.06. The van der Waals surface area contributed by atoms with E-state index >= 15 is 0 Å². The Kier molecular flexibility index (Phi) is 6.38. The first-order valence-corrected chi connectivity index (χ1v) is 7.96. The van der Waals surface area contributed by atoms with E-state index in [4.69, 9.17) is 21.1 Å². The van der Waals surface area contributed by atoms with Crippen LogP contribution in [0.25, 0.3) is 0 Å². The smallest absolute Gasteiger partial charge is 0.167 e. The van der Waals surface area contributed by atoms with E-state index in [-0.39, 0.29) is 31.0 Å². The van der Waals surface area contributed by atoms with Crippen LogP contribution >= 0.6 is 11.6 Å². The second-order valence-corrected chi connectivity index (χ2v) is 5.79. The fraction of sp³-hybridized carbons (Fsp3) is 0.263. The standard InChI is InChI=1S/C19H19ClO4/c1-13(21)6-11-18(22)16-4-3-5-17(20)19(16)24-12-14-7-9-15(23-2)10-8-14/h3-5,7-10H,6,11-12H2,1-2H3. The molecule has 0 aliphatic rings. The van der Waals surface area contributed by atoms with Crippen LogP contribution in [0.5, 0.6) is 11.5 Å². The third kappa shape index (κ3) is 4.83. The van der Waals surface area contributed by atoms with Crippen molar-refractivity contribution in [3.63, 3.8) is 0 Å². The van der Waals surface area contributed by atoms with Crippen LogP contribution in [0.1, 0.15) is 35.7 Å². The molecule has 0 fully saturated rings. The molecule has 24 heavy (non-hydrogen) atoms. The van der Waals surface area contributed by atoms with Crippen LogP contribution in [0.15, 0.2) is 42.5 Å². The number of hydrogen-bond donors (Lipinski definition) is 0. The highest BCUT2D eigenvalue weighted by molar-refractivity contribution is 6.32. The van der Waals surface area contributed by atoms with Crippen molar-refractivity contribution < 1.29 is 19.1 Å². The second-order valence-electron chi connectivity index (χ2n) is 5.38. The van der Waals surface area contributed by atoms with Crippen LogP contribution in [0.3, 0.4) is 0 Å². The zero-order valence-electron chi connectivity index (χ0n) is 13.7. The summed E-state index contributed by atoms with van der Waals surface area (Å²) < 4.78 is 10.9. The first-order chi connectivity index (χ1) is 11.5. The van der Waals surface area contributed by atoms with Crippen LogP contribution in [-0.2, 0) is 11.4 Å². The van der Waals surface area contributed by atoms with E-state index in [0.717, 1.165) is 11.3 Å². The first-order valence-electron chi connectivity index (χ1n) is 7.58. The van der Waals surface area contributed by atoms with Gasteiger partial charge < -0.3 is 14.3 Å². The number of ether oxygens (including phenoxy) is 2. The quantitative estimate of drug-likeness (QED) is 0.661. The third-order valence-electron chi connectivity index (χ3n) is 3.51. The number of para-hydroxylation sites is 1. The molecule has 2 aromatic rings. The monoisotopic (exact) mass is 346 g/mol. The molecule has 0 saturated heterocycles. The molecule has 5 heteroatoms. The molecule has 126 valence electrons. The van der Waals surface area contributed by atoms with E-state index in [1.807, 2.05) is 24.3 Å². The molecule has 0 N–H and O–H groups in total.